The number of hydrogen-bond acceptors (Lipinski definition) is 4. The van der Waals surface area contributed by atoms with Gasteiger partial charge in [-0.1, -0.05) is 0 Å². The minimum absolute atomic E-state index is 0. The summed E-state index contributed by atoms with van der Waals surface area (Å²) in [5, 5.41) is 0. The van der Waals surface area contributed by atoms with E-state index in [1.54, 1.807) is 0 Å². The molecule has 0 saturated heterocycles. The maximum atomic E-state index is 8.60. The third kappa shape index (κ3) is 311. The Morgan fingerprint density at radius 1 is 1.29 bits per heavy atom. The maximum absolute atomic E-state index is 8.60. The van der Waals surface area contributed by atoms with E-state index < -0.39 is 10.2 Å². The van der Waals surface area contributed by atoms with Gasteiger partial charge in [0.05, 0.1) is 14.9 Å². The first kappa shape index (κ1) is 15.6. The van der Waals surface area contributed by atoms with Crippen LogP contribution in [0.4, 0.5) is 0 Å². The van der Waals surface area contributed by atoms with E-state index in [0.717, 1.165) is 0 Å². The fourth-order valence-electron chi connectivity index (χ4n) is 0. The van der Waals surface area contributed by atoms with Gasteiger partial charge >= 0.3 is 18.9 Å². The fourth-order valence-corrected chi connectivity index (χ4v) is 0. The second kappa shape index (κ2) is 4.84. The van der Waals surface area contributed by atoms with E-state index in [4.69, 9.17) is 18.6 Å². The van der Waals surface area contributed by atoms with Crippen LogP contribution >= 0.6 is 0 Å². The van der Waals surface area contributed by atoms with Gasteiger partial charge in [0.2, 0.25) is 0 Å². The van der Waals surface area contributed by atoms with Crippen LogP contribution in [0.25, 0.3) is 0 Å². The summed E-state index contributed by atoms with van der Waals surface area (Å²) in [6.45, 7) is 0. The van der Waals surface area contributed by atoms with Crippen molar-refractivity contribution in [3.8, 4) is 0 Å². The van der Waals surface area contributed by atoms with E-state index in [0.29, 0.717) is 0 Å². The zero-order valence-electron chi connectivity index (χ0n) is 4.55. The van der Waals surface area contributed by atoms with Crippen molar-refractivity contribution in [3.05, 3.63) is 0 Å². The van der Waals surface area contributed by atoms with Crippen LogP contribution in [0.15, 0.2) is 0 Å². The third-order valence-corrected chi connectivity index (χ3v) is 0. The van der Waals surface area contributed by atoms with Crippen molar-refractivity contribution in [1.82, 2.24) is 0 Å². The average molecular weight is 126 g/mol. The minimum Gasteiger partial charge on any atom is -1.00 e. The molecule has 0 aromatic rings. The smallest absolute Gasteiger partial charge is 1.00 e. The van der Waals surface area contributed by atoms with E-state index in [9.17, 15) is 0 Å². The Morgan fingerprint density at radius 3 is 1.29 bits per heavy atom. The van der Waals surface area contributed by atoms with Gasteiger partial charge in [-0.3, -0.25) is 0 Å². The van der Waals surface area contributed by atoms with Crippen molar-refractivity contribution in [2.24, 2.45) is 0 Å². The predicted octanol–water partition coefficient (Wildman–Crippen LogP) is -7.83. The van der Waals surface area contributed by atoms with E-state index in [-0.39, 0.29) is 25.8 Å². The molecule has 0 bridgehead atoms. The molecular formula is H4ClLiO5. The van der Waals surface area contributed by atoms with Gasteiger partial charge in [-0.05, 0) is 0 Å². The Kier molecular flexibility index (Phi) is 10.8. The van der Waals surface area contributed by atoms with E-state index >= 15 is 0 Å². The molecule has 0 rings (SSSR count). The van der Waals surface area contributed by atoms with Gasteiger partial charge in [-0.25, -0.2) is 0 Å². The topological polar surface area (TPSA) is 121 Å². The van der Waals surface area contributed by atoms with Crippen molar-refractivity contribution in [1.29, 1.82) is 0 Å². The normalized spacial score (nSPS) is 8.57. The monoisotopic (exact) mass is 126 g/mol. The standard InChI is InChI=1S/ClHO4.Li.H2O.H/c2-1(3,4)5;;;/h(H,2,3,4,5);;1H2;/q;+1;;-1. The zero-order valence-corrected chi connectivity index (χ0v) is 4.31. The van der Waals surface area contributed by atoms with Crippen molar-refractivity contribution >= 4 is 0 Å². The Hall–Kier alpha value is 0.687. The molecule has 0 aromatic heterocycles. The van der Waals surface area contributed by atoms with Gasteiger partial charge in [0, 0.05) is 0 Å². The van der Waals surface area contributed by atoms with Gasteiger partial charge in [0.1, 0.15) is 0 Å². The van der Waals surface area contributed by atoms with Gasteiger partial charge in [-0.2, -0.15) is 14.0 Å². The maximum Gasteiger partial charge on any atom is 1.00 e. The fraction of sp³-hybridized carbons (Fsp3) is 0. The first-order valence-corrected chi connectivity index (χ1v) is 1.90. The van der Waals surface area contributed by atoms with Crippen molar-refractivity contribution < 1.29 is 54.6 Å². The SMILES string of the molecule is O.[H-].[Li+].[O-][Cl+3]([O-])([O-])O. The third-order valence-electron chi connectivity index (χ3n) is 0. The van der Waals surface area contributed by atoms with E-state index in [1.165, 1.54) is 0 Å². The molecule has 0 amide bonds. The summed E-state index contributed by atoms with van der Waals surface area (Å²) in [5.74, 6) is 0. The molecule has 0 aliphatic rings. The van der Waals surface area contributed by atoms with Crippen LogP contribution in [0.2, 0.25) is 0 Å². The summed E-state index contributed by atoms with van der Waals surface area (Å²) < 4.78 is 32.7. The molecule has 0 aliphatic carbocycles. The molecule has 0 saturated carbocycles. The molecule has 7 heavy (non-hydrogen) atoms. The molecule has 0 heterocycles. The molecule has 0 spiro atoms. The summed E-state index contributed by atoms with van der Waals surface area (Å²) >= 11 is 0. The molecular weight excluding hydrogens is 122 g/mol. The number of halogens is 1. The minimum atomic E-state index is -4.69. The Balaban J connectivity index is -0.0000000267. The predicted molar refractivity (Wildman–Crippen MR) is 6.94 cm³/mol. The molecule has 0 radical (unpaired) electrons. The van der Waals surface area contributed by atoms with Crippen LogP contribution in [0.5, 0.6) is 0 Å². The molecule has 3 N–H and O–H groups in total. The quantitative estimate of drug-likeness (QED) is 0.324. The number of hydrogen-bond donors (Lipinski definition) is 1. The molecule has 7 heteroatoms. The summed E-state index contributed by atoms with van der Waals surface area (Å²) in [7, 11) is -4.69. The summed E-state index contributed by atoms with van der Waals surface area (Å²) in [6.07, 6.45) is 0. The molecule has 0 unspecified atom stereocenters. The molecule has 0 aliphatic heterocycles. The molecule has 42 valence electrons. The van der Waals surface area contributed by atoms with Crippen LogP contribution in [0.3, 0.4) is 0 Å². The van der Waals surface area contributed by atoms with Crippen LogP contribution in [0, 0.1) is 10.2 Å². The first-order chi connectivity index (χ1) is 2.00. The van der Waals surface area contributed by atoms with Gasteiger partial charge in [-0.15, -0.1) is 0 Å². The van der Waals surface area contributed by atoms with Crippen LogP contribution in [0.1, 0.15) is 1.43 Å². The van der Waals surface area contributed by atoms with Crippen LogP contribution in [-0.2, 0) is 0 Å². The summed E-state index contributed by atoms with van der Waals surface area (Å²) in [4.78, 5) is 0. The molecule has 0 fully saturated rings. The van der Waals surface area contributed by atoms with E-state index in [1.807, 2.05) is 0 Å². The Morgan fingerprint density at radius 2 is 1.29 bits per heavy atom. The van der Waals surface area contributed by atoms with Crippen molar-refractivity contribution in [3.63, 3.8) is 0 Å². The van der Waals surface area contributed by atoms with Crippen LogP contribution < -0.4 is 32.8 Å². The molecule has 5 nitrogen and oxygen atoms in total. The average Bonchev–Trinajstić information content (AvgIpc) is 0.722. The number of rotatable bonds is 0. The van der Waals surface area contributed by atoms with Crippen molar-refractivity contribution in [2.45, 2.75) is 0 Å². The van der Waals surface area contributed by atoms with Gasteiger partial charge in [0.15, 0.2) is 0 Å². The zero-order chi connectivity index (χ0) is 4.50. The second-order valence-corrected chi connectivity index (χ2v) is 1.19. The van der Waals surface area contributed by atoms with Crippen LogP contribution in [-0.4, -0.2) is 10.1 Å². The van der Waals surface area contributed by atoms with Gasteiger partial charge in [0.25, 0.3) is 0 Å². The second-order valence-electron chi connectivity index (χ2n) is 0.396. The molecule has 0 atom stereocenters. The first-order valence-electron chi connectivity index (χ1n) is 0.632. The Labute approximate surface area is 55.3 Å². The van der Waals surface area contributed by atoms with E-state index in [2.05, 4.69) is 0 Å². The summed E-state index contributed by atoms with van der Waals surface area (Å²) in [5.41, 5.74) is 0. The largest absolute Gasteiger partial charge is 1.00 e. The van der Waals surface area contributed by atoms with Gasteiger partial charge < -0.3 is 6.90 Å². The summed E-state index contributed by atoms with van der Waals surface area (Å²) in [6, 6.07) is 0. The molecule has 0 aromatic carbocycles. The Bertz CT molecular complexity index is 27.9. The van der Waals surface area contributed by atoms with Crippen molar-refractivity contribution in [2.75, 3.05) is 0 Å².